The number of aromatic nitrogens is 1. The van der Waals surface area contributed by atoms with Crippen LogP contribution in [0.4, 0.5) is 13.2 Å². The number of sulfone groups is 1. The Bertz CT molecular complexity index is 2510. The van der Waals surface area contributed by atoms with Crippen LogP contribution in [-0.4, -0.2) is 44.8 Å². The van der Waals surface area contributed by atoms with E-state index >= 15 is 0 Å². The van der Waals surface area contributed by atoms with Crippen LogP contribution in [0.5, 0.6) is 0 Å². The number of fused-ring (bicyclic) bond motifs is 1. The number of hydrogen-bond donors (Lipinski definition) is 2. The first kappa shape index (κ1) is 40.7. The van der Waals surface area contributed by atoms with Gasteiger partial charge in [-0.05, 0) is 77.1 Å². The van der Waals surface area contributed by atoms with Crippen LogP contribution < -0.4 is 4.72 Å². The third kappa shape index (κ3) is 9.70. The lowest BCUT2D eigenvalue weighted by atomic mass is 9.97. The molecule has 0 bridgehead atoms. The number of nitrogens with zero attached hydrogens (tertiary/aromatic N) is 1. The fourth-order valence-electron chi connectivity index (χ4n) is 6.99. The first-order chi connectivity index (χ1) is 26.6. The molecule has 0 amide bonds. The molecule has 6 aromatic rings. The lowest BCUT2D eigenvalue weighted by Gasteiger charge is -2.25. The number of hydrogen-bond acceptors (Lipinski definition) is 5. The van der Waals surface area contributed by atoms with E-state index < -0.39 is 49.4 Å². The predicted molar refractivity (Wildman–Crippen MR) is 211 cm³/mol. The van der Waals surface area contributed by atoms with E-state index in [2.05, 4.69) is 9.29 Å². The number of rotatable bonds is 16. The normalized spacial score (nSPS) is 12.4. The number of halogens is 4. The molecular weight excluding hydrogens is 785 g/mol. The van der Waals surface area contributed by atoms with Gasteiger partial charge in [0, 0.05) is 41.0 Å². The zero-order valence-corrected chi connectivity index (χ0v) is 32.3. The van der Waals surface area contributed by atoms with Crippen LogP contribution in [0.15, 0.2) is 132 Å². The number of benzene rings is 5. The minimum absolute atomic E-state index is 0.0181. The number of carbonyl (C=O) groups is 1. The van der Waals surface area contributed by atoms with Gasteiger partial charge in [0.2, 0.25) is 10.0 Å². The van der Waals surface area contributed by atoms with Gasteiger partial charge in [0.1, 0.15) is 0 Å². The molecule has 1 heterocycles. The SMILES string of the molecule is O=C(O)CCc1ccc(S(=O)(=O)CCc2c(CCNS(=O)(=O)Cc3ccccc3C(F)(F)F)n(C(c3ccccc3)c3ccccc3)c3ccc(Cl)cc23)cc1. The Morgan fingerprint density at radius 1 is 0.768 bits per heavy atom. The minimum Gasteiger partial charge on any atom is -0.481 e. The maximum Gasteiger partial charge on any atom is 0.416 e. The molecular formula is C42H38ClF3N2O6S2. The molecule has 0 aliphatic carbocycles. The Labute approximate surface area is 328 Å². The lowest BCUT2D eigenvalue weighted by molar-refractivity contribution is -0.138. The van der Waals surface area contributed by atoms with Crippen LogP contribution in [0.2, 0.25) is 5.02 Å². The maximum absolute atomic E-state index is 13.8. The van der Waals surface area contributed by atoms with E-state index in [1.807, 2.05) is 66.7 Å². The van der Waals surface area contributed by atoms with E-state index in [0.717, 1.165) is 28.8 Å². The van der Waals surface area contributed by atoms with Crippen molar-refractivity contribution in [3.8, 4) is 0 Å². The number of alkyl halides is 3. The summed E-state index contributed by atoms with van der Waals surface area (Å²) in [5.41, 5.74) is 3.04. The summed E-state index contributed by atoms with van der Waals surface area (Å²) in [4.78, 5) is 11.1. The second-order valence-corrected chi connectivity index (χ2v) is 17.7. The van der Waals surface area contributed by atoms with E-state index in [-0.39, 0.29) is 48.4 Å². The van der Waals surface area contributed by atoms with Crippen molar-refractivity contribution in [3.63, 3.8) is 0 Å². The fourth-order valence-corrected chi connectivity index (χ4v) is 9.59. The molecule has 0 saturated carbocycles. The topological polar surface area (TPSA) is 123 Å². The van der Waals surface area contributed by atoms with Gasteiger partial charge in [-0.3, -0.25) is 4.79 Å². The van der Waals surface area contributed by atoms with Crippen LogP contribution in [0.1, 0.15) is 51.5 Å². The number of nitrogens with one attached hydrogen (secondary N) is 1. The first-order valence-corrected chi connectivity index (χ1v) is 21.4. The van der Waals surface area contributed by atoms with Crippen LogP contribution in [0.3, 0.4) is 0 Å². The summed E-state index contributed by atoms with van der Waals surface area (Å²) in [6.07, 6.45) is -4.51. The van der Waals surface area contributed by atoms with Crippen LogP contribution in [0, 0.1) is 0 Å². The van der Waals surface area contributed by atoms with Gasteiger partial charge in [-0.1, -0.05) is 103 Å². The first-order valence-electron chi connectivity index (χ1n) is 17.7. The molecule has 56 heavy (non-hydrogen) atoms. The summed E-state index contributed by atoms with van der Waals surface area (Å²) >= 11 is 6.56. The highest BCUT2D eigenvalue weighted by atomic mass is 35.5. The zero-order valence-electron chi connectivity index (χ0n) is 29.9. The average Bonchev–Trinajstić information content (AvgIpc) is 3.45. The highest BCUT2D eigenvalue weighted by molar-refractivity contribution is 7.91. The van der Waals surface area contributed by atoms with E-state index in [4.69, 9.17) is 16.7 Å². The molecule has 0 aliphatic heterocycles. The molecule has 6 rings (SSSR count). The minimum atomic E-state index is -4.74. The monoisotopic (exact) mass is 822 g/mol. The molecule has 0 atom stereocenters. The Kier molecular flexibility index (Phi) is 12.4. The quantitative estimate of drug-likeness (QED) is 0.101. The fraction of sp³-hybridized carbons (Fsp3) is 0.214. The summed E-state index contributed by atoms with van der Waals surface area (Å²) in [6.45, 7) is -0.200. The number of carboxylic acid groups (broad SMARTS) is 1. The van der Waals surface area contributed by atoms with Gasteiger partial charge in [-0.2, -0.15) is 13.2 Å². The van der Waals surface area contributed by atoms with Crippen LogP contribution >= 0.6 is 11.6 Å². The third-order valence-corrected chi connectivity index (χ3v) is 12.9. The van der Waals surface area contributed by atoms with Crippen LogP contribution in [0.25, 0.3) is 10.9 Å². The summed E-state index contributed by atoms with van der Waals surface area (Å²) in [6, 6.07) is 34.8. The molecule has 0 aliphatic rings. The van der Waals surface area contributed by atoms with Gasteiger partial charge >= 0.3 is 12.1 Å². The van der Waals surface area contributed by atoms with Crippen molar-refractivity contribution in [2.75, 3.05) is 12.3 Å². The summed E-state index contributed by atoms with van der Waals surface area (Å²) in [7, 11) is -8.14. The van der Waals surface area contributed by atoms with Crippen molar-refractivity contribution >= 4 is 48.3 Å². The molecule has 1 aromatic heterocycles. The lowest BCUT2D eigenvalue weighted by Crippen LogP contribution is -2.29. The summed E-state index contributed by atoms with van der Waals surface area (Å²) in [5.74, 6) is -2.17. The molecule has 292 valence electrons. The highest BCUT2D eigenvalue weighted by Crippen LogP contribution is 2.38. The molecule has 0 fully saturated rings. The van der Waals surface area contributed by atoms with Crippen molar-refractivity contribution in [1.82, 2.24) is 9.29 Å². The summed E-state index contributed by atoms with van der Waals surface area (Å²) in [5, 5.41) is 10.1. The maximum atomic E-state index is 13.8. The van der Waals surface area contributed by atoms with E-state index in [1.54, 1.807) is 24.3 Å². The predicted octanol–water partition coefficient (Wildman–Crippen LogP) is 8.65. The standard InChI is InChI=1S/C42H38ClF3N2O6S2/c43-33-18-21-38-36(27-33)35(24-26-55(51,52)34-19-15-29(16-20-34)17-22-40(49)50)39(48(38)41(30-9-3-1-4-10-30)31-11-5-2-6-12-31)23-25-47-56(53,54)28-32-13-7-8-14-37(32)42(44,45)46/h1-16,18-21,27,41,47H,17,22-26,28H2,(H,49,50). The molecule has 5 aromatic carbocycles. The third-order valence-electron chi connectivity index (χ3n) is 9.55. The number of aryl methyl sites for hydroxylation is 2. The molecule has 14 heteroatoms. The second-order valence-electron chi connectivity index (χ2n) is 13.3. The molecule has 0 unspecified atom stereocenters. The van der Waals surface area contributed by atoms with Gasteiger partial charge in [-0.25, -0.2) is 21.6 Å². The zero-order chi connectivity index (χ0) is 40.1. The van der Waals surface area contributed by atoms with Gasteiger partial charge in [0.25, 0.3) is 0 Å². The van der Waals surface area contributed by atoms with Crippen molar-refractivity contribution < 1.29 is 39.9 Å². The highest BCUT2D eigenvalue weighted by Gasteiger charge is 2.34. The van der Waals surface area contributed by atoms with E-state index in [9.17, 15) is 34.8 Å². The molecule has 0 saturated heterocycles. The molecule has 0 radical (unpaired) electrons. The van der Waals surface area contributed by atoms with Gasteiger partial charge < -0.3 is 9.67 Å². The second kappa shape index (κ2) is 17.0. The molecule has 8 nitrogen and oxygen atoms in total. The average molecular weight is 823 g/mol. The van der Waals surface area contributed by atoms with E-state index in [0.29, 0.717) is 27.2 Å². The Hall–Kier alpha value is -4.95. The molecule has 0 spiro atoms. The van der Waals surface area contributed by atoms with Gasteiger partial charge in [0.15, 0.2) is 9.84 Å². The smallest absolute Gasteiger partial charge is 0.416 e. The van der Waals surface area contributed by atoms with Crippen molar-refractivity contribution in [2.45, 2.75) is 48.5 Å². The molecule has 2 N–H and O–H groups in total. The number of carboxylic acids is 1. The van der Waals surface area contributed by atoms with E-state index in [1.165, 1.54) is 24.3 Å². The van der Waals surface area contributed by atoms with Gasteiger partial charge in [-0.15, -0.1) is 0 Å². The largest absolute Gasteiger partial charge is 0.481 e. The van der Waals surface area contributed by atoms with Crippen molar-refractivity contribution in [2.24, 2.45) is 0 Å². The summed E-state index contributed by atoms with van der Waals surface area (Å²) < 4.78 is 100.0. The van der Waals surface area contributed by atoms with Crippen molar-refractivity contribution in [1.29, 1.82) is 0 Å². The Morgan fingerprint density at radius 2 is 1.38 bits per heavy atom. The van der Waals surface area contributed by atoms with Crippen LogP contribution in [-0.2, 0) is 55.8 Å². The Morgan fingerprint density at radius 3 is 1.98 bits per heavy atom. The van der Waals surface area contributed by atoms with Gasteiger partial charge in [0.05, 0.1) is 28.0 Å². The number of aliphatic carboxylic acids is 1. The number of sulfonamides is 1. The van der Waals surface area contributed by atoms with Crippen molar-refractivity contribution in [3.05, 3.63) is 171 Å². The Balaban J connectivity index is 1.41.